The quantitative estimate of drug-likeness (QED) is 0.896. The Hall–Kier alpha value is -2.15. The van der Waals surface area contributed by atoms with Crippen LogP contribution >= 0.6 is 0 Å². The molecule has 0 aromatic carbocycles. The Labute approximate surface area is 140 Å². The fraction of sp³-hybridized carbons (Fsp3) is 0.588. The summed E-state index contributed by atoms with van der Waals surface area (Å²) in [4.78, 5) is 30.6. The number of ether oxygens (including phenoxy) is 1. The lowest BCUT2D eigenvalue weighted by Crippen LogP contribution is -2.54. The second kappa shape index (κ2) is 5.73. The minimum absolute atomic E-state index is 0.0151. The van der Waals surface area contributed by atoms with Crippen LogP contribution < -0.4 is 5.56 Å². The van der Waals surface area contributed by atoms with Gasteiger partial charge in [-0.25, -0.2) is 9.50 Å². The van der Waals surface area contributed by atoms with Crippen LogP contribution in [-0.4, -0.2) is 50.2 Å². The first-order chi connectivity index (χ1) is 11.2. The largest absolute Gasteiger partial charge is 0.369 e. The number of hydrogen-bond acceptors (Lipinski definition) is 4. The third-order valence-electron chi connectivity index (χ3n) is 4.45. The van der Waals surface area contributed by atoms with Gasteiger partial charge in [-0.05, 0) is 34.6 Å². The molecule has 0 unspecified atom stereocenters. The molecule has 1 aliphatic heterocycles. The first kappa shape index (κ1) is 16.7. The normalized spacial score (nSPS) is 20.5. The van der Waals surface area contributed by atoms with Gasteiger partial charge in [0.15, 0.2) is 5.65 Å². The van der Waals surface area contributed by atoms with E-state index in [-0.39, 0.29) is 29.6 Å². The number of hydrogen-bond donors (Lipinski definition) is 1. The van der Waals surface area contributed by atoms with Crippen LogP contribution in [0.5, 0.6) is 0 Å². The molecule has 0 saturated carbocycles. The fourth-order valence-electron chi connectivity index (χ4n) is 3.52. The number of nitrogens with zero attached hydrogens (tertiary/aromatic N) is 3. The van der Waals surface area contributed by atoms with Gasteiger partial charge < -0.3 is 9.64 Å². The van der Waals surface area contributed by atoms with E-state index in [4.69, 9.17) is 4.74 Å². The van der Waals surface area contributed by atoms with Crippen molar-refractivity contribution in [2.24, 2.45) is 0 Å². The molecule has 1 aliphatic rings. The zero-order valence-corrected chi connectivity index (χ0v) is 14.8. The molecule has 1 fully saturated rings. The zero-order chi connectivity index (χ0) is 17.6. The van der Waals surface area contributed by atoms with Crippen molar-refractivity contribution in [1.82, 2.24) is 19.5 Å². The van der Waals surface area contributed by atoms with E-state index < -0.39 is 0 Å². The smallest absolute Gasteiger partial charge is 0.266 e. The molecule has 3 heterocycles. The number of aromatic amines is 1. The van der Waals surface area contributed by atoms with Crippen molar-refractivity contribution < 1.29 is 9.53 Å². The molecule has 1 amide bonds. The number of nitrogens with one attached hydrogen (secondary N) is 1. The number of carbonyl (C=O) groups excluding carboxylic acids is 1. The molecule has 0 bridgehead atoms. The number of carbonyl (C=O) groups is 1. The Morgan fingerprint density at radius 1 is 1.46 bits per heavy atom. The summed E-state index contributed by atoms with van der Waals surface area (Å²) in [6.45, 7) is 10.9. The van der Waals surface area contributed by atoms with Crippen molar-refractivity contribution in [3.05, 3.63) is 33.4 Å². The van der Waals surface area contributed by atoms with Gasteiger partial charge in [0.2, 0.25) is 5.91 Å². The average molecular weight is 332 g/mol. The van der Waals surface area contributed by atoms with Crippen molar-refractivity contribution in [3.8, 4) is 0 Å². The van der Waals surface area contributed by atoms with E-state index in [0.717, 1.165) is 17.0 Å². The number of aromatic nitrogens is 3. The number of H-pyrrole nitrogens is 1. The van der Waals surface area contributed by atoms with Gasteiger partial charge >= 0.3 is 0 Å². The molecule has 1 N–H and O–H groups in total. The molecular formula is C17H24N4O3. The molecule has 2 aromatic rings. The van der Waals surface area contributed by atoms with Crippen LogP contribution in [0.25, 0.3) is 5.65 Å². The number of morpholine rings is 1. The second-order valence-corrected chi connectivity index (χ2v) is 7.21. The topological polar surface area (TPSA) is 79.7 Å². The molecule has 1 atom stereocenters. The van der Waals surface area contributed by atoms with Gasteiger partial charge in [-0.15, -0.1) is 0 Å². The standard InChI is InChI=1S/C17H24N4O3/c1-10-8-20(9-17(4,5)24-10)16(23)6-13-11(2)18-14-7-15(22)19-21(14)12(13)3/h7,10H,6,8-9H2,1-5H3,(H,19,22)/t10-/m1/s1. The van der Waals surface area contributed by atoms with E-state index in [2.05, 4.69) is 10.1 Å². The fourth-order valence-corrected chi connectivity index (χ4v) is 3.52. The third-order valence-corrected chi connectivity index (χ3v) is 4.45. The Kier molecular flexibility index (Phi) is 3.99. The molecular weight excluding hydrogens is 308 g/mol. The molecule has 24 heavy (non-hydrogen) atoms. The maximum Gasteiger partial charge on any atom is 0.266 e. The molecule has 1 saturated heterocycles. The second-order valence-electron chi connectivity index (χ2n) is 7.21. The first-order valence-electron chi connectivity index (χ1n) is 8.20. The lowest BCUT2D eigenvalue weighted by Gasteiger charge is -2.41. The third kappa shape index (κ3) is 3.08. The molecule has 7 heteroatoms. The van der Waals surface area contributed by atoms with Crippen LogP contribution in [0.15, 0.2) is 10.9 Å². The molecule has 3 rings (SSSR count). The summed E-state index contributed by atoms with van der Waals surface area (Å²) in [5.74, 6) is 0.0556. The molecule has 2 aromatic heterocycles. The van der Waals surface area contributed by atoms with E-state index in [1.165, 1.54) is 6.07 Å². The van der Waals surface area contributed by atoms with E-state index in [9.17, 15) is 9.59 Å². The van der Waals surface area contributed by atoms with Gasteiger partial charge in [0, 0.05) is 36.1 Å². The minimum Gasteiger partial charge on any atom is -0.369 e. The van der Waals surface area contributed by atoms with E-state index in [1.54, 1.807) is 4.52 Å². The van der Waals surface area contributed by atoms with E-state index in [1.807, 2.05) is 39.5 Å². The highest BCUT2D eigenvalue weighted by Crippen LogP contribution is 2.22. The summed E-state index contributed by atoms with van der Waals surface area (Å²) < 4.78 is 7.50. The van der Waals surface area contributed by atoms with Crippen LogP contribution in [0.2, 0.25) is 0 Å². The van der Waals surface area contributed by atoms with Gasteiger partial charge in [-0.3, -0.25) is 14.7 Å². The average Bonchev–Trinajstić information content (AvgIpc) is 2.81. The predicted molar refractivity (Wildman–Crippen MR) is 90.2 cm³/mol. The monoisotopic (exact) mass is 332 g/mol. The number of fused-ring (bicyclic) bond motifs is 1. The summed E-state index contributed by atoms with van der Waals surface area (Å²) >= 11 is 0. The van der Waals surface area contributed by atoms with Gasteiger partial charge in [0.05, 0.1) is 18.1 Å². The SMILES string of the molecule is Cc1nc2cc(=O)[nH]n2c(C)c1CC(=O)N1C[C@@H](C)OC(C)(C)C1. The van der Waals surface area contributed by atoms with Crippen LogP contribution in [0.4, 0.5) is 0 Å². The summed E-state index contributed by atoms with van der Waals surface area (Å²) in [6, 6.07) is 1.46. The highest BCUT2D eigenvalue weighted by molar-refractivity contribution is 5.79. The maximum absolute atomic E-state index is 12.8. The Morgan fingerprint density at radius 2 is 2.17 bits per heavy atom. The predicted octanol–water partition coefficient (Wildman–Crippen LogP) is 1.21. The van der Waals surface area contributed by atoms with Gasteiger partial charge in [-0.1, -0.05) is 0 Å². The number of aryl methyl sites for hydroxylation is 2. The summed E-state index contributed by atoms with van der Waals surface area (Å²) in [5, 5.41) is 2.72. The molecule has 0 aliphatic carbocycles. The summed E-state index contributed by atoms with van der Waals surface area (Å²) in [7, 11) is 0. The van der Waals surface area contributed by atoms with E-state index in [0.29, 0.717) is 18.7 Å². The van der Waals surface area contributed by atoms with Crippen LogP contribution in [0.3, 0.4) is 0 Å². The van der Waals surface area contributed by atoms with E-state index >= 15 is 0 Å². The highest BCUT2D eigenvalue weighted by Gasteiger charge is 2.33. The van der Waals surface area contributed by atoms with Crippen LogP contribution in [0, 0.1) is 13.8 Å². The lowest BCUT2D eigenvalue weighted by atomic mass is 10.0. The van der Waals surface area contributed by atoms with Crippen molar-refractivity contribution >= 4 is 11.6 Å². The molecule has 0 radical (unpaired) electrons. The van der Waals surface area contributed by atoms with Crippen molar-refractivity contribution in [2.45, 2.75) is 52.7 Å². The molecule has 130 valence electrons. The number of amides is 1. The first-order valence-corrected chi connectivity index (χ1v) is 8.20. The van der Waals surface area contributed by atoms with Crippen molar-refractivity contribution in [2.75, 3.05) is 13.1 Å². The maximum atomic E-state index is 12.8. The Bertz CT molecular complexity index is 849. The summed E-state index contributed by atoms with van der Waals surface area (Å²) in [5.41, 5.74) is 2.51. The zero-order valence-electron chi connectivity index (χ0n) is 14.8. The van der Waals surface area contributed by atoms with Crippen molar-refractivity contribution in [1.29, 1.82) is 0 Å². The van der Waals surface area contributed by atoms with Gasteiger partial charge in [-0.2, -0.15) is 0 Å². The number of rotatable bonds is 2. The highest BCUT2D eigenvalue weighted by atomic mass is 16.5. The lowest BCUT2D eigenvalue weighted by molar-refractivity contribution is -0.157. The summed E-state index contributed by atoms with van der Waals surface area (Å²) in [6.07, 6.45) is 0.283. The Balaban J connectivity index is 1.89. The minimum atomic E-state index is -0.342. The van der Waals surface area contributed by atoms with Gasteiger partial charge in [0.25, 0.3) is 5.56 Å². The van der Waals surface area contributed by atoms with Crippen LogP contribution in [-0.2, 0) is 16.0 Å². The van der Waals surface area contributed by atoms with Crippen LogP contribution in [0.1, 0.15) is 37.7 Å². The Morgan fingerprint density at radius 3 is 2.83 bits per heavy atom. The van der Waals surface area contributed by atoms with Crippen molar-refractivity contribution in [3.63, 3.8) is 0 Å². The molecule has 0 spiro atoms. The molecule has 7 nitrogen and oxygen atoms in total. The van der Waals surface area contributed by atoms with Gasteiger partial charge in [0.1, 0.15) is 0 Å².